The lowest BCUT2D eigenvalue weighted by Crippen LogP contribution is -1.88. The molecule has 0 aliphatic heterocycles. The molecule has 0 radical (unpaired) electrons. The van der Waals surface area contributed by atoms with Crippen molar-refractivity contribution in [2.45, 2.75) is 0 Å². The average molecular weight is 307 g/mol. The maximum absolute atomic E-state index is 13.9. The first-order valence-electron chi connectivity index (χ1n) is 6.90. The molecule has 0 spiro atoms. The van der Waals surface area contributed by atoms with E-state index in [4.69, 9.17) is 9.26 Å². The van der Waals surface area contributed by atoms with Gasteiger partial charge in [0.25, 0.3) is 5.71 Å². The number of benzene rings is 1. The molecule has 6 heteroatoms. The molecule has 5 nitrogen and oxygen atoms in total. The number of hydrogen-bond acceptors (Lipinski definition) is 5. The van der Waals surface area contributed by atoms with E-state index < -0.39 is 0 Å². The van der Waals surface area contributed by atoms with Gasteiger partial charge in [0, 0.05) is 17.8 Å². The summed E-state index contributed by atoms with van der Waals surface area (Å²) in [5.74, 6) is 0.549. The monoisotopic (exact) mass is 307 g/mol. The lowest BCUT2D eigenvalue weighted by molar-refractivity contribution is 0.432. The Morgan fingerprint density at radius 3 is 2.74 bits per heavy atom. The summed E-state index contributed by atoms with van der Waals surface area (Å²) in [6.07, 6.45) is 3.23. The second-order valence-electron chi connectivity index (χ2n) is 4.80. The highest BCUT2D eigenvalue weighted by Gasteiger charge is 2.15. The van der Waals surface area contributed by atoms with Crippen LogP contribution in [0.5, 0.6) is 11.6 Å². The van der Waals surface area contributed by atoms with Crippen molar-refractivity contribution in [3.63, 3.8) is 0 Å². The zero-order valence-electron chi connectivity index (χ0n) is 11.8. The van der Waals surface area contributed by atoms with E-state index in [2.05, 4.69) is 15.1 Å². The van der Waals surface area contributed by atoms with Crippen LogP contribution in [0.1, 0.15) is 0 Å². The molecule has 23 heavy (non-hydrogen) atoms. The van der Waals surface area contributed by atoms with Crippen molar-refractivity contribution >= 4 is 11.1 Å². The van der Waals surface area contributed by atoms with Crippen LogP contribution >= 0.6 is 0 Å². The van der Waals surface area contributed by atoms with Gasteiger partial charge in [0.15, 0.2) is 0 Å². The van der Waals surface area contributed by atoms with Crippen molar-refractivity contribution in [2.24, 2.45) is 0 Å². The summed E-state index contributed by atoms with van der Waals surface area (Å²) in [7, 11) is 0. The number of pyridine rings is 2. The van der Waals surface area contributed by atoms with Gasteiger partial charge >= 0.3 is 0 Å². The van der Waals surface area contributed by atoms with Crippen molar-refractivity contribution in [3.8, 4) is 22.9 Å². The predicted octanol–water partition coefficient (Wildman–Crippen LogP) is 4.22. The van der Waals surface area contributed by atoms with Gasteiger partial charge in [0.1, 0.15) is 17.3 Å². The first-order valence-corrected chi connectivity index (χ1v) is 6.90. The van der Waals surface area contributed by atoms with E-state index in [0.717, 1.165) is 0 Å². The van der Waals surface area contributed by atoms with Crippen molar-refractivity contribution < 1.29 is 13.7 Å². The normalized spacial score (nSPS) is 10.8. The smallest absolute Gasteiger partial charge is 0.261 e. The SMILES string of the molecule is Fc1ccccc1-c1noc2nc(Oc3cccnc3)ccc12. The largest absolute Gasteiger partial charge is 0.437 e. The van der Waals surface area contributed by atoms with Gasteiger partial charge in [0.2, 0.25) is 5.88 Å². The van der Waals surface area contributed by atoms with Gasteiger partial charge in [-0.25, -0.2) is 4.39 Å². The molecule has 0 saturated carbocycles. The van der Waals surface area contributed by atoms with Crippen LogP contribution < -0.4 is 4.74 Å². The number of ether oxygens (including phenoxy) is 1. The molecule has 3 heterocycles. The third-order valence-electron chi connectivity index (χ3n) is 3.30. The van der Waals surface area contributed by atoms with Crippen LogP contribution in [0.2, 0.25) is 0 Å². The van der Waals surface area contributed by atoms with E-state index in [9.17, 15) is 4.39 Å². The fraction of sp³-hybridized carbons (Fsp3) is 0. The Hall–Kier alpha value is -3.28. The molecule has 0 amide bonds. The summed E-state index contributed by atoms with van der Waals surface area (Å²) in [6.45, 7) is 0. The third-order valence-corrected chi connectivity index (χ3v) is 3.30. The number of rotatable bonds is 3. The molecule has 0 fully saturated rings. The first-order chi connectivity index (χ1) is 11.3. The second-order valence-corrected chi connectivity index (χ2v) is 4.80. The number of aromatic nitrogens is 3. The minimum atomic E-state index is -0.363. The van der Waals surface area contributed by atoms with Crippen LogP contribution in [-0.2, 0) is 0 Å². The Morgan fingerprint density at radius 1 is 1.00 bits per heavy atom. The summed E-state index contributed by atoms with van der Waals surface area (Å²) in [5.41, 5.74) is 1.07. The number of nitrogens with zero attached hydrogens (tertiary/aromatic N) is 3. The Morgan fingerprint density at radius 2 is 1.91 bits per heavy atom. The Bertz CT molecular complexity index is 970. The Labute approximate surface area is 130 Å². The molecule has 0 atom stereocenters. The molecule has 4 rings (SSSR count). The van der Waals surface area contributed by atoms with Gasteiger partial charge in [-0.05, 0) is 30.3 Å². The van der Waals surface area contributed by atoms with Gasteiger partial charge in [-0.3, -0.25) is 4.98 Å². The van der Waals surface area contributed by atoms with E-state index in [-0.39, 0.29) is 11.5 Å². The summed E-state index contributed by atoms with van der Waals surface area (Å²) in [5, 5.41) is 4.55. The van der Waals surface area contributed by atoms with Crippen LogP contribution in [0.15, 0.2) is 65.4 Å². The highest BCUT2D eigenvalue weighted by Crippen LogP contribution is 2.30. The average Bonchev–Trinajstić information content (AvgIpc) is 2.99. The number of halogens is 1. The maximum Gasteiger partial charge on any atom is 0.261 e. The quantitative estimate of drug-likeness (QED) is 0.567. The van der Waals surface area contributed by atoms with Crippen LogP contribution in [0.3, 0.4) is 0 Å². The van der Waals surface area contributed by atoms with Crippen LogP contribution in [0, 0.1) is 5.82 Å². The first kappa shape index (κ1) is 13.4. The van der Waals surface area contributed by atoms with E-state index in [0.29, 0.717) is 28.3 Å². The molecule has 0 saturated heterocycles. The second kappa shape index (κ2) is 5.49. The zero-order chi connectivity index (χ0) is 15.6. The Kier molecular flexibility index (Phi) is 3.20. The summed E-state index contributed by atoms with van der Waals surface area (Å²) < 4.78 is 24.7. The molecular weight excluding hydrogens is 297 g/mol. The molecule has 0 unspecified atom stereocenters. The molecular formula is C17H10FN3O2. The van der Waals surface area contributed by atoms with Gasteiger partial charge in [0.05, 0.1) is 11.6 Å². The molecule has 1 aromatic carbocycles. The predicted molar refractivity (Wildman–Crippen MR) is 81.5 cm³/mol. The maximum atomic E-state index is 13.9. The van der Waals surface area contributed by atoms with Gasteiger partial charge in [-0.2, -0.15) is 4.98 Å². The fourth-order valence-corrected chi connectivity index (χ4v) is 2.24. The summed E-state index contributed by atoms with van der Waals surface area (Å²) >= 11 is 0. The van der Waals surface area contributed by atoms with Gasteiger partial charge < -0.3 is 9.26 Å². The summed E-state index contributed by atoms with van der Waals surface area (Å²) in [6, 6.07) is 13.3. The van der Waals surface area contributed by atoms with Crippen molar-refractivity contribution in [2.75, 3.05) is 0 Å². The van der Waals surface area contributed by atoms with E-state index in [1.54, 1.807) is 54.9 Å². The topological polar surface area (TPSA) is 61.0 Å². The van der Waals surface area contributed by atoms with Gasteiger partial charge in [-0.15, -0.1) is 0 Å². The number of fused-ring (bicyclic) bond motifs is 1. The zero-order valence-corrected chi connectivity index (χ0v) is 11.8. The third kappa shape index (κ3) is 2.50. The fourth-order valence-electron chi connectivity index (χ4n) is 2.24. The van der Waals surface area contributed by atoms with Crippen LogP contribution in [0.4, 0.5) is 4.39 Å². The highest BCUT2D eigenvalue weighted by atomic mass is 19.1. The van der Waals surface area contributed by atoms with Crippen LogP contribution in [0.25, 0.3) is 22.4 Å². The van der Waals surface area contributed by atoms with E-state index >= 15 is 0 Å². The minimum absolute atomic E-state index is 0.282. The number of hydrogen-bond donors (Lipinski definition) is 0. The molecule has 0 bridgehead atoms. The molecule has 0 aliphatic carbocycles. The summed E-state index contributed by atoms with van der Waals surface area (Å²) in [4.78, 5) is 8.21. The van der Waals surface area contributed by atoms with Crippen molar-refractivity contribution in [1.82, 2.24) is 15.1 Å². The molecule has 4 aromatic rings. The highest BCUT2D eigenvalue weighted by molar-refractivity contribution is 5.89. The van der Waals surface area contributed by atoms with Crippen molar-refractivity contribution in [1.29, 1.82) is 0 Å². The molecule has 112 valence electrons. The van der Waals surface area contributed by atoms with Crippen LogP contribution in [-0.4, -0.2) is 15.1 Å². The Balaban J connectivity index is 1.73. The minimum Gasteiger partial charge on any atom is -0.437 e. The van der Waals surface area contributed by atoms with Gasteiger partial charge in [-0.1, -0.05) is 17.3 Å². The molecule has 0 aliphatic rings. The standard InChI is InChI=1S/C17H10FN3O2/c18-14-6-2-1-5-12(14)16-13-7-8-15(20-17(13)23-21-16)22-11-4-3-9-19-10-11/h1-10H. The lowest BCUT2D eigenvalue weighted by atomic mass is 10.1. The van der Waals surface area contributed by atoms with E-state index in [1.807, 2.05) is 0 Å². The van der Waals surface area contributed by atoms with Crippen molar-refractivity contribution in [3.05, 3.63) is 66.7 Å². The molecule has 3 aromatic heterocycles. The molecule has 0 N–H and O–H groups in total. The lowest BCUT2D eigenvalue weighted by Gasteiger charge is -2.03. The van der Waals surface area contributed by atoms with E-state index in [1.165, 1.54) is 6.07 Å².